The minimum absolute atomic E-state index is 0.201. The zero-order chi connectivity index (χ0) is 35.4. The van der Waals surface area contributed by atoms with Crippen LogP contribution in [0.1, 0.15) is 38.8 Å². The van der Waals surface area contributed by atoms with Crippen molar-refractivity contribution in [3.05, 3.63) is 47.5 Å². The minimum Gasteiger partial charge on any atom is -0.354 e. The van der Waals surface area contributed by atoms with Gasteiger partial charge in [0.2, 0.25) is 35.7 Å². The second-order valence-electron chi connectivity index (χ2n) is 9.90. The van der Waals surface area contributed by atoms with Crippen LogP contribution in [0.4, 0.5) is 47.1 Å². The van der Waals surface area contributed by atoms with E-state index in [9.17, 15) is 13.0 Å². The van der Waals surface area contributed by atoms with Crippen molar-refractivity contribution < 1.29 is 27.6 Å². The molecule has 0 saturated carbocycles. The van der Waals surface area contributed by atoms with Gasteiger partial charge in [-0.2, -0.15) is 38.3 Å². The molecule has 0 spiro atoms. The van der Waals surface area contributed by atoms with E-state index in [0.29, 0.717) is 83.8 Å². The lowest BCUT2D eigenvalue weighted by molar-refractivity contribution is -0.432. The summed E-state index contributed by atoms with van der Waals surface area (Å²) in [6.45, 7) is 10.1. The van der Waals surface area contributed by atoms with Gasteiger partial charge in [0.15, 0.2) is 0 Å². The molecule has 0 amide bonds. The Kier molecular flexibility index (Phi) is 13.2. The van der Waals surface area contributed by atoms with Crippen molar-refractivity contribution in [2.45, 2.75) is 37.5 Å². The Balaban J connectivity index is 1.66. The van der Waals surface area contributed by atoms with Gasteiger partial charge < -0.3 is 31.5 Å². The van der Waals surface area contributed by atoms with Gasteiger partial charge in [0.25, 0.3) is 10.1 Å². The molecule has 0 fully saturated rings. The average molecular weight is 715 g/mol. The first-order valence-corrected chi connectivity index (χ1v) is 17.3. The van der Waals surface area contributed by atoms with E-state index < -0.39 is 10.1 Å². The van der Waals surface area contributed by atoms with Crippen molar-refractivity contribution in [1.82, 2.24) is 29.9 Å². The van der Waals surface area contributed by atoms with E-state index in [4.69, 9.17) is 9.59 Å². The van der Waals surface area contributed by atoms with E-state index in [-0.39, 0.29) is 22.4 Å². The molecule has 0 bridgehead atoms. The number of rotatable bonds is 18. The fourth-order valence-corrected chi connectivity index (χ4v) is 5.50. The molecule has 4 rings (SSSR count). The molecule has 20 heteroatoms. The van der Waals surface area contributed by atoms with Gasteiger partial charge in [0.05, 0.1) is 12.0 Å². The van der Waals surface area contributed by atoms with Gasteiger partial charge in [-0.1, -0.05) is 29.3 Å². The average Bonchev–Trinajstić information content (AvgIpc) is 3.06. The SMILES string of the molecule is CCNc1nc(NCC)nc(Nc2ccc(/C=C/c3ccc(N(C)c4nc(NCC)nc(NCC)n4)cc3S(=O)(=O)O)c(SOOO)c2)n1. The maximum atomic E-state index is 12.6. The van der Waals surface area contributed by atoms with Crippen LogP contribution in [0.5, 0.6) is 0 Å². The largest absolute Gasteiger partial charge is 0.354 e. The van der Waals surface area contributed by atoms with E-state index in [2.05, 4.69) is 61.5 Å². The summed E-state index contributed by atoms with van der Waals surface area (Å²) < 4.78 is 40.0. The summed E-state index contributed by atoms with van der Waals surface area (Å²) in [5.41, 5.74) is 1.72. The summed E-state index contributed by atoms with van der Waals surface area (Å²) in [5, 5.41) is 28.0. The smallest absolute Gasteiger partial charge is 0.295 e. The number of nitrogens with zero attached hydrogens (tertiary/aromatic N) is 7. The Morgan fingerprint density at radius 3 is 1.80 bits per heavy atom. The molecule has 0 saturated heterocycles. The molecule has 0 aliphatic heterocycles. The normalized spacial score (nSPS) is 11.4. The van der Waals surface area contributed by atoms with Gasteiger partial charge in [0, 0.05) is 49.5 Å². The van der Waals surface area contributed by atoms with Crippen molar-refractivity contribution in [2.75, 3.05) is 64.7 Å². The Labute approximate surface area is 288 Å². The summed E-state index contributed by atoms with van der Waals surface area (Å²) in [4.78, 5) is 28.0. The molecule has 7 N–H and O–H groups in total. The zero-order valence-corrected chi connectivity index (χ0v) is 29.1. The highest BCUT2D eigenvalue weighted by Gasteiger charge is 2.19. The lowest BCUT2D eigenvalue weighted by Crippen LogP contribution is -2.17. The van der Waals surface area contributed by atoms with Crippen molar-refractivity contribution in [3.8, 4) is 0 Å². The Morgan fingerprint density at radius 1 is 0.755 bits per heavy atom. The summed E-state index contributed by atoms with van der Waals surface area (Å²) in [6, 6.07) is 9.69. The Bertz CT molecular complexity index is 1820. The third-order valence-electron chi connectivity index (χ3n) is 6.43. The lowest BCUT2D eigenvalue weighted by Gasteiger charge is -2.20. The van der Waals surface area contributed by atoms with Crippen LogP contribution in [-0.4, -0.2) is 81.4 Å². The van der Waals surface area contributed by atoms with E-state index in [1.165, 1.54) is 12.1 Å². The van der Waals surface area contributed by atoms with Crippen LogP contribution < -0.4 is 31.5 Å². The van der Waals surface area contributed by atoms with E-state index in [0.717, 1.165) is 0 Å². The topological polar surface area (TPSA) is 234 Å². The summed E-state index contributed by atoms with van der Waals surface area (Å²) in [7, 11) is -3.00. The molecule has 262 valence electrons. The molecule has 0 aliphatic carbocycles. The van der Waals surface area contributed by atoms with E-state index >= 15 is 0 Å². The van der Waals surface area contributed by atoms with Crippen molar-refractivity contribution in [2.24, 2.45) is 0 Å². The van der Waals surface area contributed by atoms with Crippen LogP contribution in [0.25, 0.3) is 12.2 Å². The number of anilines is 8. The molecule has 49 heavy (non-hydrogen) atoms. The number of aromatic nitrogens is 6. The molecule has 18 nitrogen and oxygen atoms in total. The number of hydrogen-bond donors (Lipinski definition) is 7. The summed E-state index contributed by atoms with van der Waals surface area (Å²) in [5.74, 6) is 2.00. The van der Waals surface area contributed by atoms with Crippen molar-refractivity contribution >= 4 is 81.4 Å². The number of nitrogens with one attached hydrogen (secondary N) is 5. The van der Waals surface area contributed by atoms with Crippen LogP contribution >= 0.6 is 12.0 Å². The van der Waals surface area contributed by atoms with Gasteiger partial charge >= 0.3 is 0 Å². The monoisotopic (exact) mass is 714 g/mol. The quantitative estimate of drug-likeness (QED) is 0.0232. The molecular formula is C29H38N12O6S2. The molecule has 2 aromatic carbocycles. The van der Waals surface area contributed by atoms with Gasteiger partial charge in [-0.15, -0.1) is 4.33 Å². The van der Waals surface area contributed by atoms with E-state index in [1.54, 1.807) is 48.4 Å². The third-order valence-corrected chi connectivity index (χ3v) is 8.00. The second kappa shape index (κ2) is 17.5. The predicted molar refractivity (Wildman–Crippen MR) is 190 cm³/mol. The first-order chi connectivity index (χ1) is 23.6. The molecule has 0 aliphatic rings. The molecular weight excluding hydrogens is 677 g/mol. The third kappa shape index (κ3) is 10.3. The van der Waals surface area contributed by atoms with Crippen LogP contribution in [0.3, 0.4) is 0 Å². The first kappa shape index (κ1) is 37.0. The Hall–Kier alpha value is -4.86. The van der Waals surface area contributed by atoms with E-state index in [1.807, 2.05) is 27.7 Å². The van der Waals surface area contributed by atoms with Crippen LogP contribution in [0, 0.1) is 0 Å². The molecule has 0 radical (unpaired) electrons. The number of benzene rings is 2. The fourth-order valence-electron chi connectivity index (χ4n) is 4.29. The van der Waals surface area contributed by atoms with Crippen LogP contribution in [0.15, 0.2) is 46.2 Å². The molecule has 2 aromatic heterocycles. The standard InChI is InChI=1S/C29H38N12O6S2/c1-6-30-24-35-25(31-7-2)38-28(37-24)34-20-14-12-18(22(16-20)48-47-46-42)10-11-19-13-15-21(17-23(19)49(43,44)45)41(5)29-39-26(32-8-3)36-27(40-29)33-9-4/h10-17,42H,6-9H2,1-5H3,(H,43,44,45)(H2,32,33,36,39,40)(H3,30,31,34,35,37,38)/b11-10+. The van der Waals surface area contributed by atoms with Gasteiger partial charge in [-0.05, 0) is 63.1 Å². The first-order valence-electron chi connectivity index (χ1n) is 15.1. The summed E-state index contributed by atoms with van der Waals surface area (Å²) >= 11 is 0.707. The van der Waals surface area contributed by atoms with Gasteiger partial charge in [-0.3, -0.25) is 4.55 Å². The zero-order valence-electron chi connectivity index (χ0n) is 27.4. The minimum atomic E-state index is -4.67. The van der Waals surface area contributed by atoms with Crippen LogP contribution in [0.2, 0.25) is 0 Å². The van der Waals surface area contributed by atoms with Crippen molar-refractivity contribution in [3.63, 3.8) is 0 Å². The van der Waals surface area contributed by atoms with Gasteiger partial charge in [0.1, 0.15) is 4.90 Å². The predicted octanol–water partition coefficient (Wildman–Crippen LogP) is 5.14. The maximum absolute atomic E-state index is 12.6. The molecule has 0 unspecified atom stereocenters. The van der Waals surface area contributed by atoms with Crippen molar-refractivity contribution in [1.29, 1.82) is 0 Å². The highest BCUT2D eigenvalue weighted by Crippen LogP contribution is 2.32. The highest BCUT2D eigenvalue weighted by atomic mass is 32.2. The van der Waals surface area contributed by atoms with Crippen LogP contribution in [-0.2, 0) is 19.5 Å². The molecule has 2 heterocycles. The summed E-state index contributed by atoms with van der Waals surface area (Å²) in [6.07, 6.45) is 3.14. The number of hydrogen-bond acceptors (Lipinski definition) is 18. The maximum Gasteiger partial charge on any atom is 0.295 e. The van der Waals surface area contributed by atoms with Gasteiger partial charge in [-0.25, -0.2) is 5.26 Å². The molecule has 0 atom stereocenters. The molecule has 4 aromatic rings. The second-order valence-corrected chi connectivity index (χ2v) is 12.0. The lowest BCUT2D eigenvalue weighted by atomic mass is 10.1. The highest BCUT2D eigenvalue weighted by molar-refractivity contribution is 7.94. The Morgan fingerprint density at radius 2 is 1.27 bits per heavy atom. The fraction of sp³-hybridized carbons (Fsp3) is 0.310.